The van der Waals surface area contributed by atoms with Crippen molar-refractivity contribution in [2.45, 2.75) is 58.0 Å². The lowest BCUT2D eigenvalue weighted by atomic mass is 10.1. The maximum absolute atomic E-state index is 13.9. The number of benzene rings is 3. The topological polar surface area (TPSA) is 86.8 Å². The summed E-state index contributed by atoms with van der Waals surface area (Å²) >= 11 is 0. The van der Waals surface area contributed by atoms with Gasteiger partial charge in [-0.05, 0) is 68.1 Å². The van der Waals surface area contributed by atoms with Crippen molar-refractivity contribution in [3.05, 3.63) is 95.6 Å². The average molecular weight is 536 g/mol. The number of rotatable bonds is 12. The first kappa shape index (κ1) is 28.9. The first-order chi connectivity index (χ1) is 18.1. The van der Waals surface area contributed by atoms with Crippen molar-refractivity contribution in [1.29, 1.82) is 0 Å². The number of unbranched alkanes of at least 4 members (excludes halogenated alkanes) is 1. The van der Waals surface area contributed by atoms with Gasteiger partial charge in [-0.1, -0.05) is 67.9 Å². The fraction of sp³-hybridized carbons (Fsp3) is 0.333. The van der Waals surface area contributed by atoms with E-state index in [1.165, 1.54) is 17.0 Å². The normalized spacial score (nSPS) is 12.0. The Kier molecular flexibility index (Phi) is 10.1. The maximum atomic E-state index is 13.9. The van der Waals surface area contributed by atoms with Gasteiger partial charge >= 0.3 is 0 Å². The first-order valence-electron chi connectivity index (χ1n) is 12.9. The predicted octanol–water partition coefficient (Wildman–Crippen LogP) is 4.83. The first-order valence-corrected chi connectivity index (χ1v) is 14.3. The fourth-order valence-corrected chi connectivity index (χ4v) is 5.46. The van der Waals surface area contributed by atoms with E-state index in [-0.39, 0.29) is 17.3 Å². The van der Waals surface area contributed by atoms with Crippen LogP contribution in [0.5, 0.6) is 0 Å². The van der Waals surface area contributed by atoms with Crippen molar-refractivity contribution in [3.63, 3.8) is 0 Å². The minimum atomic E-state index is -4.06. The highest BCUT2D eigenvalue weighted by molar-refractivity contribution is 7.92. The van der Waals surface area contributed by atoms with E-state index < -0.39 is 28.5 Å². The quantitative estimate of drug-likeness (QED) is 0.337. The van der Waals surface area contributed by atoms with E-state index in [4.69, 9.17) is 0 Å². The van der Waals surface area contributed by atoms with Crippen molar-refractivity contribution in [1.82, 2.24) is 10.2 Å². The molecule has 1 unspecified atom stereocenters. The Bertz CT molecular complexity index is 1330. The van der Waals surface area contributed by atoms with Crippen LogP contribution in [0.25, 0.3) is 0 Å². The van der Waals surface area contributed by atoms with Gasteiger partial charge in [-0.25, -0.2) is 8.42 Å². The molecule has 2 amide bonds. The zero-order chi connectivity index (χ0) is 27.7. The second kappa shape index (κ2) is 13.2. The van der Waals surface area contributed by atoms with Gasteiger partial charge in [0.15, 0.2) is 0 Å². The summed E-state index contributed by atoms with van der Waals surface area (Å²) in [5.74, 6) is -0.740. The molecule has 38 heavy (non-hydrogen) atoms. The number of anilines is 1. The van der Waals surface area contributed by atoms with Crippen LogP contribution in [0, 0.1) is 13.8 Å². The highest BCUT2D eigenvalue weighted by Crippen LogP contribution is 2.26. The van der Waals surface area contributed by atoms with E-state index in [1.807, 2.05) is 57.2 Å². The summed E-state index contributed by atoms with van der Waals surface area (Å²) in [5.41, 5.74) is 3.16. The lowest BCUT2D eigenvalue weighted by Gasteiger charge is -2.32. The molecule has 0 spiro atoms. The van der Waals surface area contributed by atoms with Gasteiger partial charge in [0.05, 0.1) is 10.6 Å². The molecule has 0 aliphatic rings. The average Bonchev–Trinajstić information content (AvgIpc) is 2.92. The largest absolute Gasteiger partial charge is 0.354 e. The minimum absolute atomic E-state index is 0.0889. The molecule has 1 atom stereocenters. The van der Waals surface area contributed by atoms with Gasteiger partial charge in [0, 0.05) is 13.1 Å². The molecule has 3 aromatic rings. The highest BCUT2D eigenvalue weighted by atomic mass is 32.2. The van der Waals surface area contributed by atoms with E-state index in [9.17, 15) is 18.0 Å². The van der Waals surface area contributed by atoms with E-state index in [2.05, 4.69) is 5.32 Å². The van der Waals surface area contributed by atoms with Crippen molar-refractivity contribution >= 4 is 27.5 Å². The smallest absolute Gasteiger partial charge is 0.264 e. The molecule has 0 bridgehead atoms. The van der Waals surface area contributed by atoms with E-state index in [1.54, 1.807) is 37.3 Å². The summed E-state index contributed by atoms with van der Waals surface area (Å²) < 4.78 is 28.7. The van der Waals surface area contributed by atoms with Gasteiger partial charge in [-0.15, -0.1) is 0 Å². The van der Waals surface area contributed by atoms with Crippen LogP contribution in [-0.4, -0.2) is 44.3 Å². The van der Waals surface area contributed by atoms with Gasteiger partial charge in [0.1, 0.15) is 12.6 Å². The van der Waals surface area contributed by atoms with E-state index in [0.29, 0.717) is 12.2 Å². The molecule has 8 heteroatoms. The van der Waals surface area contributed by atoms with Crippen molar-refractivity contribution in [2.24, 2.45) is 0 Å². The number of nitrogens with one attached hydrogen (secondary N) is 1. The van der Waals surface area contributed by atoms with Crippen LogP contribution in [0.3, 0.4) is 0 Å². The molecule has 1 N–H and O–H groups in total. The number of carbonyl (C=O) groups excluding carboxylic acids is 2. The second-order valence-corrected chi connectivity index (χ2v) is 11.3. The number of sulfonamides is 1. The number of hydrogen-bond donors (Lipinski definition) is 1. The van der Waals surface area contributed by atoms with Gasteiger partial charge in [0.2, 0.25) is 11.8 Å². The van der Waals surface area contributed by atoms with Gasteiger partial charge in [-0.3, -0.25) is 13.9 Å². The fourth-order valence-electron chi connectivity index (χ4n) is 4.03. The molecule has 202 valence electrons. The summed E-state index contributed by atoms with van der Waals surface area (Å²) in [6.45, 7) is 7.81. The minimum Gasteiger partial charge on any atom is -0.354 e. The van der Waals surface area contributed by atoms with Crippen molar-refractivity contribution in [2.75, 3.05) is 17.4 Å². The Morgan fingerprint density at radius 1 is 0.895 bits per heavy atom. The zero-order valence-corrected chi connectivity index (χ0v) is 23.4. The van der Waals surface area contributed by atoms with Gasteiger partial charge in [-0.2, -0.15) is 0 Å². The third-order valence-corrected chi connectivity index (χ3v) is 8.37. The number of carbonyl (C=O) groups is 2. The van der Waals surface area contributed by atoms with Crippen molar-refractivity contribution in [3.8, 4) is 0 Å². The summed E-state index contributed by atoms with van der Waals surface area (Å²) in [6, 6.07) is 22.0. The SMILES string of the molecule is CCCCNC(=O)C(C)N(Cc1ccccc1)C(=O)CN(c1ccc(C)c(C)c1)S(=O)(=O)c1ccccc1. The molecule has 0 radical (unpaired) electrons. The standard InChI is InChI=1S/C30H37N3O4S/c1-5-6-19-31-30(35)25(4)32(21-26-13-9-7-10-14-26)29(34)22-33(27-18-17-23(2)24(3)20-27)38(36,37)28-15-11-8-12-16-28/h7-18,20,25H,5-6,19,21-22H2,1-4H3,(H,31,35). The van der Waals surface area contributed by atoms with Crippen LogP contribution in [0.4, 0.5) is 5.69 Å². The molecule has 0 aliphatic heterocycles. The van der Waals surface area contributed by atoms with Crippen LogP contribution in [0.2, 0.25) is 0 Å². The molecule has 0 saturated carbocycles. The third-order valence-electron chi connectivity index (χ3n) is 6.58. The second-order valence-electron chi connectivity index (χ2n) is 9.42. The monoisotopic (exact) mass is 535 g/mol. The van der Waals surface area contributed by atoms with Crippen LogP contribution in [0.1, 0.15) is 43.4 Å². The third kappa shape index (κ3) is 7.22. The number of amides is 2. The summed E-state index contributed by atoms with van der Waals surface area (Å²) in [6.07, 6.45) is 1.77. The van der Waals surface area contributed by atoms with Gasteiger partial charge < -0.3 is 10.2 Å². The summed E-state index contributed by atoms with van der Waals surface area (Å²) in [7, 11) is -4.06. The zero-order valence-electron chi connectivity index (χ0n) is 22.6. The molecule has 7 nitrogen and oxygen atoms in total. The van der Waals surface area contributed by atoms with Crippen molar-refractivity contribution < 1.29 is 18.0 Å². The molecule has 0 aromatic heterocycles. The Morgan fingerprint density at radius 2 is 1.53 bits per heavy atom. The van der Waals surface area contributed by atoms with Gasteiger partial charge in [0.25, 0.3) is 10.0 Å². The van der Waals surface area contributed by atoms with Crippen LogP contribution in [0.15, 0.2) is 83.8 Å². The van der Waals surface area contributed by atoms with Crippen LogP contribution >= 0.6 is 0 Å². The summed E-state index contributed by atoms with van der Waals surface area (Å²) in [4.78, 5) is 28.4. The molecule has 0 fully saturated rings. The Balaban J connectivity index is 1.99. The summed E-state index contributed by atoms with van der Waals surface area (Å²) in [5, 5.41) is 2.89. The number of hydrogen-bond acceptors (Lipinski definition) is 4. The van der Waals surface area contributed by atoms with Crippen LogP contribution < -0.4 is 9.62 Å². The molecule has 3 rings (SSSR count). The Hall–Kier alpha value is -3.65. The molecular formula is C30H37N3O4S. The molecule has 0 aliphatic carbocycles. The Labute approximate surface area is 226 Å². The molecular weight excluding hydrogens is 498 g/mol. The lowest BCUT2D eigenvalue weighted by Crippen LogP contribution is -2.51. The number of nitrogens with zero attached hydrogens (tertiary/aromatic N) is 2. The predicted molar refractivity (Wildman–Crippen MR) is 151 cm³/mol. The highest BCUT2D eigenvalue weighted by Gasteiger charge is 2.32. The Morgan fingerprint density at radius 3 is 2.13 bits per heavy atom. The number of aryl methyl sites for hydroxylation is 2. The van der Waals surface area contributed by atoms with E-state index in [0.717, 1.165) is 33.8 Å². The lowest BCUT2D eigenvalue weighted by molar-refractivity contribution is -0.139. The molecule has 0 saturated heterocycles. The molecule has 0 heterocycles. The van der Waals surface area contributed by atoms with E-state index >= 15 is 0 Å². The maximum Gasteiger partial charge on any atom is 0.264 e. The molecule has 3 aromatic carbocycles. The van der Waals surface area contributed by atoms with Crippen LogP contribution in [-0.2, 0) is 26.2 Å².